The van der Waals surface area contributed by atoms with Gasteiger partial charge in [-0.25, -0.2) is 4.68 Å². The molecule has 8 nitrogen and oxygen atoms in total. The third kappa shape index (κ3) is 2.43. The second-order valence-corrected chi connectivity index (χ2v) is 3.75. The summed E-state index contributed by atoms with van der Waals surface area (Å²) >= 11 is 0. The van der Waals surface area contributed by atoms with E-state index in [1.807, 2.05) is 0 Å². The summed E-state index contributed by atoms with van der Waals surface area (Å²) in [5.41, 5.74) is 5.47. The number of nitrogens with two attached hydrogens (primary N) is 1. The number of nitro benzene ring substituents is 1. The van der Waals surface area contributed by atoms with Crippen LogP contribution in [-0.2, 0) is 6.61 Å². The van der Waals surface area contributed by atoms with Crippen LogP contribution in [0.25, 0.3) is 5.69 Å². The Labute approximate surface area is 107 Å². The van der Waals surface area contributed by atoms with Gasteiger partial charge in [0.1, 0.15) is 11.4 Å². The Kier molecular flexibility index (Phi) is 3.25. The van der Waals surface area contributed by atoms with Crippen molar-refractivity contribution in [2.75, 3.05) is 0 Å². The zero-order valence-electron chi connectivity index (χ0n) is 9.68. The number of rotatable bonds is 4. The molecule has 98 valence electrons. The minimum atomic E-state index is -0.714. The van der Waals surface area contributed by atoms with Crippen LogP contribution < -0.4 is 5.73 Å². The highest BCUT2D eigenvalue weighted by Gasteiger charge is 2.17. The summed E-state index contributed by atoms with van der Waals surface area (Å²) in [4.78, 5) is 21.4. The number of amides is 1. The highest BCUT2D eigenvalue weighted by Crippen LogP contribution is 2.24. The molecule has 1 aromatic carbocycles. The molecule has 3 N–H and O–H groups in total. The lowest BCUT2D eigenvalue weighted by Gasteiger charge is -2.04. The lowest BCUT2D eigenvalue weighted by Crippen LogP contribution is -2.12. The molecule has 1 amide bonds. The van der Waals surface area contributed by atoms with E-state index in [1.165, 1.54) is 35.1 Å². The molecule has 0 radical (unpaired) electrons. The van der Waals surface area contributed by atoms with Crippen LogP contribution in [-0.4, -0.2) is 25.7 Å². The topological polar surface area (TPSA) is 124 Å². The number of aliphatic hydroxyl groups is 1. The molecule has 0 aliphatic rings. The predicted octanol–water partition coefficient (Wildman–Crippen LogP) is 0.372. The van der Waals surface area contributed by atoms with Gasteiger partial charge in [-0.05, 0) is 17.7 Å². The van der Waals surface area contributed by atoms with Gasteiger partial charge in [0.05, 0.1) is 11.5 Å². The average Bonchev–Trinajstić information content (AvgIpc) is 2.87. The zero-order chi connectivity index (χ0) is 14.0. The second-order valence-electron chi connectivity index (χ2n) is 3.75. The number of nitro groups is 1. The summed E-state index contributed by atoms with van der Waals surface area (Å²) in [6.45, 7) is -0.299. The number of hydrogen-bond donors (Lipinski definition) is 2. The fourth-order valence-corrected chi connectivity index (χ4v) is 1.60. The van der Waals surface area contributed by atoms with Crippen molar-refractivity contribution in [1.29, 1.82) is 0 Å². The van der Waals surface area contributed by atoms with E-state index in [4.69, 9.17) is 10.8 Å². The van der Waals surface area contributed by atoms with E-state index < -0.39 is 10.8 Å². The number of aliphatic hydroxyl groups excluding tert-OH is 1. The first-order valence-corrected chi connectivity index (χ1v) is 5.27. The summed E-state index contributed by atoms with van der Waals surface area (Å²) in [6, 6.07) is 5.60. The number of benzene rings is 1. The molecule has 0 bridgehead atoms. The van der Waals surface area contributed by atoms with Crippen LogP contribution in [0.4, 0.5) is 5.69 Å². The molecule has 0 saturated carbocycles. The third-order valence-corrected chi connectivity index (χ3v) is 2.51. The minimum absolute atomic E-state index is 0.0144. The zero-order valence-corrected chi connectivity index (χ0v) is 9.68. The summed E-state index contributed by atoms with van der Waals surface area (Å²) in [6.07, 6.45) is 1.40. The van der Waals surface area contributed by atoms with Crippen molar-refractivity contribution >= 4 is 11.6 Å². The molecular formula is C11H10N4O4. The van der Waals surface area contributed by atoms with Gasteiger partial charge in [0.2, 0.25) is 0 Å². The summed E-state index contributed by atoms with van der Waals surface area (Å²) in [5.74, 6) is -0.714. The Hall–Kier alpha value is -2.74. The van der Waals surface area contributed by atoms with Gasteiger partial charge in [0, 0.05) is 12.3 Å². The van der Waals surface area contributed by atoms with Crippen LogP contribution in [0, 0.1) is 10.1 Å². The fraction of sp³-hybridized carbons (Fsp3) is 0.0909. The normalized spacial score (nSPS) is 10.4. The SMILES string of the molecule is NC(=O)c1ccn(-c2ccc(CO)cc2[N+](=O)[O-])n1. The molecule has 1 heterocycles. The number of nitrogens with zero attached hydrogens (tertiary/aromatic N) is 3. The van der Waals surface area contributed by atoms with Crippen molar-refractivity contribution in [3.05, 3.63) is 51.8 Å². The van der Waals surface area contributed by atoms with Crippen molar-refractivity contribution in [2.24, 2.45) is 5.73 Å². The standard InChI is InChI=1S/C11H10N4O4/c12-11(17)8-3-4-14(13-8)9-2-1-7(6-16)5-10(9)15(18)19/h1-5,16H,6H2,(H2,12,17). The molecule has 0 fully saturated rings. The third-order valence-electron chi connectivity index (χ3n) is 2.51. The summed E-state index contributed by atoms with van der Waals surface area (Å²) in [7, 11) is 0. The largest absolute Gasteiger partial charge is 0.392 e. The maximum Gasteiger partial charge on any atom is 0.295 e. The number of carbonyl (C=O) groups is 1. The molecule has 0 unspecified atom stereocenters. The highest BCUT2D eigenvalue weighted by molar-refractivity contribution is 5.90. The Morgan fingerprint density at radius 2 is 2.21 bits per heavy atom. The van der Waals surface area contributed by atoms with Gasteiger partial charge in [-0.3, -0.25) is 14.9 Å². The van der Waals surface area contributed by atoms with Crippen molar-refractivity contribution in [3.8, 4) is 5.69 Å². The Bertz CT molecular complexity index is 650. The molecule has 0 atom stereocenters. The van der Waals surface area contributed by atoms with Gasteiger partial charge < -0.3 is 10.8 Å². The Morgan fingerprint density at radius 3 is 2.74 bits per heavy atom. The molecule has 0 aliphatic carbocycles. The first-order valence-electron chi connectivity index (χ1n) is 5.27. The number of carbonyl (C=O) groups excluding carboxylic acids is 1. The van der Waals surface area contributed by atoms with Gasteiger partial charge in [-0.1, -0.05) is 6.07 Å². The first-order chi connectivity index (χ1) is 9.02. The van der Waals surface area contributed by atoms with Gasteiger partial charge in [0.25, 0.3) is 11.6 Å². The van der Waals surface area contributed by atoms with Crippen LogP contribution in [0.2, 0.25) is 0 Å². The van der Waals surface area contributed by atoms with Gasteiger partial charge in [0.15, 0.2) is 0 Å². The molecular weight excluding hydrogens is 252 g/mol. The number of aromatic nitrogens is 2. The van der Waals surface area contributed by atoms with E-state index in [2.05, 4.69) is 5.10 Å². The lowest BCUT2D eigenvalue weighted by molar-refractivity contribution is -0.384. The molecule has 19 heavy (non-hydrogen) atoms. The van der Waals surface area contributed by atoms with Gasteiger partial charge in [-0.2, -0.15) is 5.10 Å². The van der Waals surface area contributed by atoms with E-state index in [0.29, 0.717) is 5.56 Å². The molecule has 0 saturated heterocycles. The van der Waals surface area contributed by atoms with Gasteiger partial charge in [-0.15, -0.1) is 0 Å². The lowest BCUT2D eigenvalue weighted by atomic mass is 10.2. The first kappa shape index (κ1) is 12.7. The van der Waals surface area contributed by atoms with Crippen LogP contribution in [0.5, 0.6) is 0 Å². The maximum atomic E-state index is 11.0. The van der Waals surface area contributed by atoms with Crippen LogP contribution >= 0.6 is 0 Å². The van der Waals surface area contributed by atoms with E-state index >= 15 is 0 Å². The van der Waals surface area contributed by atoms with E-state index in [0.717, 1.165) is 0 Å². The quantitative estimate of drug-likeness (QED) is 0.608. The molecule has 2 aromatic rings. The highest BCUT2D eigenvalue weighted by atomic mass is 16.6. The number of hydrogen-bond acceptors (Lipinski definition) is 5. The molecule has 0 spiro atoms. The summed E-state index contributed by atoms with van der Waals surface area (Å²) in [5, 5.41) is 23.8. The minimum Gasteiger partial charge on any atom is -0.392 e. The molecule has 1 aromatic heterocycles. The van der Waals surface area contributed by atoms with Crippen LogP contribution in [0.15, 0.2) is 30.5 Å². The van der Waals surface area contributed by atoms with Crippen molar-refractivity contribution in [1.82, 2.24) is 9.78 Å². The smallest absolute Gasteiger partial charge is 0.295 e. The second kappa shape index (κ2) is 4.86. The molecule has 2 rings (SSSR count). The summed E-state index contributed by atoms with van der Waals surface area (Å²) < 4.78 is 1.19. The predicted molar refractivity (Wildman–Crippen MR) is 64.7 cm³/mol. The van der Waals surface area contributed by atoms with Crippen molar-refractivity contribution < 1.29 is 14.8 Å². The van der Waals surface area contributed by atoms with Gasteiger partial charge >= 0.3 is 0 Å². The van der Waals surface area contributed by atoms with E-state index in [9.17, 15) is 14.9 Å². The van der Waals surface area contributed by atoms with E-state index in [1.54, 1.807) is 0 Å². The van der Waals surface area contributed by atoms with Crippen molar-refractivity contribution in [3.63, 3.8) is 0 Å². The molecule has 0 aliphatic heterocycles. The average molecular weight is 262 g/mol. The van der Waals surface area contributed by atoms with Crippen molar-refractivity contribution in [2.45, 2.75) is 6.61 Å². The van der Waals surface area contributed by atoms with Crippen LogP contribution in [0.3, 0.4) is 0 Å². The van der Waals surface area contributed by atoms with Crippen LogP contribution in [0.1, 0.15) is 16.1 Å². The Morgan fingerprint density at radius 1 is 1.47 bits per heavy atom. The monoisotopic (exact) mass is 262 g/mol. The molecule has 8 heteroatoms. The van der Waals surface area contributed by atoms with E-state index in [-0.39, 0.29) is 23.7 Å². The Balaban J connectivity index is 2.54. The maximum absolute atomic E-state index is 11.0. The fourth-order valence-electron chi connectivity index (χ4n) is 1.60. The number of primary amides is 1.